The monoisotopic (exact) mass is 325 g/mol. The first-order valence-electron chi connectivity index (χ1n) is 7.10. The van der Waals surface area contributed by atoms with Crippen LogP contribution in [0.15, 0.2) is 54.6 Å². The van der Waals surface area contributed by atoms with Crippen LogP contribution in [0.4, 0.5) is 5.69 Å². The third-order valence-electron chi connectivity index (χ3n) is 3.70. The molecule has 5 heteroatoms. The van der Waals surface area contributed by atoms with Gasteiger partial charge in [-0.1, -0.05) is 41.9 Å². The van der Waals surface area contributed by atoms with Crippen LogP contribution in [-0.2, 0) is 0 Å². The normalized spacial score (nSPS) is 12.4. The van der Waals surface area contributed by atoms with E-state index in [1.807, 2.05) is 42.5 Å². The van der Waals surface area contributed by atoms with Crippen LogP contribution in [0.2, 0.25) is 5.02 Å². The number of ether oxygens (including phenoxy) is 2. The van der Waals surface area contributed by atoms with Crippen LogP contribution in [0.3, 0.4) is 0 Å². The maximum absolute atomic E-state index is 12.4. The zero-order valence-electron chi connectivity index (χ0n) is 12.0. The summed E-state index contributed by atoms with van der Waals surface area (Å²) in [4.78, 5) is 12.4. The van der Waals surface area contributed by atoms with Gasteiger partial charge < -0.3 is 14.8 Å². The second-order valence-electron chi connectivity index (χ2n) is 5.21. The molecule has 114 valence electrons. The third kappa shape index (κ3) is 2.58. The molecule has 23 heavy (non-hydrogen) atoms. The summed E-state index contributed by atoms with van der Waals surface area (Å²) < 4.78 is 10.5. The molecular formula is C18H12ClNO3. The van der Waals surface area contributed by atoms with Gasteiger partial charge in [0.05, 0.1) is 5.02 Å². The van der Waals surface area contributed by atoms with Crippen molar-refractivity contribution in [2.45, 2.75) is 0 Å². The number of carbonyl (C=O) groups excluding carboxylic acids is 1. The highest BCUT2D eigenvalue weighted by molar-refractivity contribution is 6.32. The quantitative estimate of drug-likeness (QED) is 0.756. The predicted molar refractivity (Wildman–Crippen MR) is 89.5 cm³/mol. The highest BCUT2D eigenvalue weighted by Crippen LogP contribution is 2.39. The van der Waals surface area contributed by atoms with Crippen LogP contribution in [0, 0.1) is 0 Å². The minimum atomic E-state index is -0.250. The summed E-state index contributed by atoms with van der Waals surface area (Å²) in [6, 6.07) is 17.0. The van der Waals surface area contributed by atoms with Crippen molar-refractivity contribution in [2.24, 2.45) is 0 Å². The van der Waals surface area contributed by atoms with E-state index in [2.05, 4.69) is 5.32 Å². The number of carbonyl (C=O) groups is 1. The van der Waals surface area contributed by atoms with Crippen LogP contribution >= 0.6 is 11.6 Å². The lowest BCUT2D eigenvalue weighted by molar-refractivity contribution is 0.102. The van der Waals surface area contributed by atoms with Crippen molar-refractivity contribution in [3.8, 4) is 11.5 Å². The molecule has 0 saturated heterocycles. The summed E-state index contributed by atoms with van der Waals surface area (Å²) in [5.41, 5.74) is 1.15. The van der Waals surface area contributed by atoms with Crippen molar-refractivity contribution in [1.29, 1.82) is 0 Å². The number of anilines is 1. The summed E-state index contributed by atoms with van der Waals surface area (Å²) in [7, 11) is 0. The minimum absolute atomic E-state index is 0.116. The fourth-order valence-electron chi connectivity index (χ4n) is 2.57. The number of nitrogens with one attached hydrogen (secondary N) is 1. The van der Waals surface area contributed by atoms with E-state index in [1.54, 1.807) is 12.1 Å². The Morgan fingerprint density at radius 2 is 1.83 bits per heavy atom. The summed E-state index contributed by atoms with van der Waals surface area (Å²) in [6.07, 6.45) is 0. The van der Waals surface area contributed by atoms with E-state index < -0.39 is 0 Å². The van der Waals surface area contributed by atoms with Gasteiger partial charge >= 0.3 is 0 Å². The summed E-state index contributed by atoms with van der Waals surface area (Å²) in [6.45, 7) is 0.116. The van der Waals surface area contributed by atoms with Gasteiger partial charge in [-0.05, 0) is 35.0 Å². The lowest BCUT2D eigenvalue weighted by Gasteiger charge is -2.08. The van der Waals surface area contributed by atoms with E-state index in [4.69, 9.17) is 21.1 Å². The molecule has 0 bridgehead atoms. The Bertz CT molecular complexity index is 923. The van der Waals surface area contributed by atoms with Gasteiger partial charge in [-0.2, -0.15) is 0 Å². The maximum atomic E-state index is 12.4. The SMILES string of the molecule is O=C(Nc1ccc2ccccc2c1)c1cc(Cl)c2c(c1)OCO2. The van der Waals surface area contributed by atoms with Gasteiger partial charge in [0.25, 0.3) is 5.91 Å². The molecule has 0 atom stereocenters. The molecule has 3 aromatic rings. The van der Waals surface area contributed by atoms with Crippen LogP contribution in [0.25, 0.3) is 10.8 Å². The van der Waals surface area contributed by atoms with E-state index in [9.17, 15) is 4.79 Å². The first kappa shape index (κ1) is 13.9. The molecule has 4 rings (SSSR count). The molecule has 0 fully saturated rings. The number of fused-ring (bicyclic) bond motifs is 2. The fraction of sp³-hybridized carbons (Fsp3) is 0.0556. The molecule has 1 amide bonds. The Hall–Kier alpha value is -2.72. The fourth-order valence-corrected chi connectivity index (χ4v) is 2.83. The van der Waals surface area contributed by atoms with Gasteiger partial charge in [0.2, 0.25) is 6.79 Å². The Balaban J connectivity index is 1.63. The van der Waals surface area contributed by atoms with E-state index in [0.717, 1.165) is 16.5 Å². The molecule has 0 saturated carbocycles. The Kier molecular flexibility index (Phi) is 3.32. The Morgan fingerprint density at radius 3 is 2.70 bits per heavy atom. The highest BCUT2D eigenvalue weighted by Gasteiger charge is 2.20. The standard InChI is InChI=1S/C18H12ClNO3/c19-15-8-13(9-16-17(15)23-10-22-16)18(21)20-14-6-5-11-3-1-2-4-12(11)7-14/h1-9H,10H2,(H,20,21). The third-order valence-corrected chi connectivity index (χ3v) is 3.98. The van der Waals surface area contributed by atoms with Gasteiger partial charge in [0, 0.05) is 11.3 Å². The molecule has 1 heterocycles. The lowest BCUT2D eigenvalue weighted by atomic mass is 10.1. The van der Waals surface area contributed by atoms with Crippen molar-refractivity contribution < 1.29 is 14.3 Å². The van der Waals surface area contributed by atoms with E-state index in [1.165, 1.54) is 0 Å². The van der Waals surface area contributed by atoms with E-state index in [-0.39, 0.29) is 12.7 Å². The molecule has 1 N–H and O–H groups in total. The van der Waals surface area contributed by atoms with Crippen molar-refractivity contribution in [3.05, 3.63) is 65.2 Å². The number of amides is 1. The van der Waals surface area contributed by atoms with Gasteiger partial charge in [0.1, 0.15) is 0 Å². The molecular weight excluding hydrogens is 314 g/mol. The summed E-state index contributed by atoms with van der Waals surface area (Å²) >= 11 is 6.11. The van der Waals surface area contributed by atoms with Gasteiger partial charge in [0.15, 0.2) is 11.5 Å². The molecule has 1 aliphatic rings. The number of hydrogen-bond donors (Lipinski definition) is 1. The molecule has 4 nitrogen and oxygen atoms in total. The van der Waals surface area contributed by atoms with Gasteiger partial charge in [-0.3, -0.25) is 4.79 Å². The average Bonchev–Trinajstić information content (AvgIpc) is 3.04. The Morgan fingerprint density at radius 1 is 1.00 bits per heavy atom. The molecule has 0 aromatic heterocycles. The highest BCUT2D eigenvalue weighted by atomic mass is 35.5. The molecule has 0 spiro atoms. The number of hydrogen-bond acceptors (Lipinski definition) is 3. The van der Waals surface area contributed by atoms with Gasteiger partial charge in [-0.25, -0.2) is 0 Å². The van der Waals surface area contributed by atoms with Crippen LogP contribution in [0.1, 0.15) is 10.4 Å². The molecule has 0 unspecified atom stereocenters. The second kappa shape index (κ2) is 5.48. The van der Waals surface area contributed by atoms with Gasteiger partial charge in [-0.15, -0.1) is 0 Å². The zero-order valence-corrected chi connectivity index (χ0v) is 12.8. The van der Waals surface area contributed by atoms with Crippen molar-refractivity contribution in [1.82, 2.24) is 0 Å². The van der Waals surface area contributed by atoms with E-state index >= 15 is 0 Å². The second-order valence-corrected chi connectivity index (χ2v) is 5.62. The van der Waals surface area contributed by atoms with Crippen LogP contribution in [0.5, 0.6) is 11.5 Å². The first-order valence-corrected chi connectivity index (χ1v) is 7.48. The Labute approximate surface area is 137 Å². The minimum Gasteiger partial charge on any atom is -0.454 e. The zero-order chi connectivity index (χ0) is 15.8. The average molecular weight is 326 g/mol. The lowest BCUT2D eigenvalue weighted by Crippen LogP contribution is -2.11. The van der Waals surface area contributed by atoms with Crippen molar-refractivity contribution >= 4 is 34.0 Å². The smallest absolute Gasteiger partial charge is 0.255 e. The summed E-state index contributed by atoms with van der Waals surface area (Å²) in [5, 5.41) is 5.43. The maximum Gasteiger partial charge on any atom is 0.255 e. The number of rotatable bonds is 2. The van der Waals surface area contributed by atoms with Crippen LogP contribution in [-0.4, -0.2) is 12.7 Å². The number of benzene rings is 3. The van der Waals surface area contributed by atoms with Crippen LogP contribution < -0.4 is 14.8 Å². The summed E-state index contributed by atoms with van der Waals surface area (Å²) in [5.74, 6) is 0.718. The molecule has 3 aromatic carbocycles. The van der Waals surface area contributed by atoms with E-state index in [0.29, 0.717) is 22.1 Å². The topological polar surface area (TPSA) is 47.6 Å². The van der Waals surface area contributed by atoms with Crippen molar-refractivity contribution in [3.63, 3.8) is 0 Å². The molecule has 0 radical (unpaired) electrons. The molecule has 0 aliphatic carbocycles. The molecule has 1 aliphatic heterocycles. The number of halogens is 1. The van der Waals surface area contributed by atoms with Crippen molar-refractivity contribution in [2.75, 3.05) is 12.1 Å². The first-order chi connectivity index (χ1) is 11.2. The largest absolute Gasteiger partial charge is 0.454 e. The predicted octanol–water partition coefficient (Wildman–Crippen LogP) is 4.47.